The molecule has 3 N–H and O–H groups in total. The molecular weight excluding hydrogens is 348 g/mol. The van der Waals surface area contributed by atoms with Crippen molar-refractivity contribution in [2.45, 2.75) is 45.4 Å². The van der Waals surface area contributed by atoms with Gasteiger partial charge in [0, 0.05) is 36.5 Å². The second-order valence-corrected chi connectivity index (χ2v) is 8.12. The van der Waals surface area contributed by atoms with Gasteiger partial charge in [-0.25, -0.2) is 0 Å². The molecule has 1 unspecified atom stereocenters. The maximum Gasteiger partial charge on any atom is 0.217 e. The molecule has 26 heavy (non-hydrogen) atoms. The molecule has 1 aliphatic rings. The number of nitrogens with zero attached hydrogens (tertiary/aromatic N) is 2. The van der Waals surface area contributed by atoms with E-state index in [0.29, 0.717) is 18.9 Å². The van der Waals surface area contributed by atoms with Gasteiger partial charge in [-0.05, 0) is 43.4 Å². The highest BCUT2D eigenvalue weighted by Gasteiger charge is 2.25. The number of piperidine rings is 1. The average Bonchev–Trinajstić information content (AvgIpc) is 2.58. The number of amides is 1. The Hall–Kier alpha value is -1.75. The highest BCUT2D eigenvalue weighted by Crippen LogP contribution is 2.25. The van der Waals surface area contributed by atoms with Crippen LogP contribution in [0.15, 0.2) is 29.3 Å². The largest absolute Gasteiger partial charge is 0.370 e. The van der Waals surface area contributed by atoms with Crippen LogP contribution in [0.3, 0.4) is 0 Å². The Kier molecular flexibility index (Phi) is 7.33. The summed E-state index contributed by atoms with van der Waals surface area (Å²) in [6.07, 6.45) is 2.56. The lowest BCUT2D eigenvalue weighted by molar-refractivity contribution is -0.119. The topological polar surface area (TPSA) is 70.7 Å². The van der Waals surface area contributed by atoms with E-state index < -0.39 is 0 Å². The standard InChI is InChI=1S/C20H31ClN4O/c1-4-23-19(25-11-5-6-15(13-25)12-18(22)26)24-14-20(2,3)16-7-9-17(21)10-8-16/h7-10,15H,4-6,11-14H2,1-3H3,(H2,22,26)(H,23,24). The minimum Gasteiger partial charge on any atom is -0.370 e. The van der Waals surface area contributed by atoms with Crippen molar-refractivity contribution < 1.29 is 4.79 Å². The first kappa shape index (κ1) is 20.6. The van der Waals surface area contributed by atoms with Crippen molar-refractivity contribution in [3.63, 3.8) is 0 Å². The van der Waals surface area contributed by atoms with Crippen LogP contribution in [0.4, 0.5) is 0 Å². The van der Waals surface area contributed by atoms with Crippen molar-refractivity contribution in [1.82, 2.24) is 10.2 Å². The molecule has 0 aliphatic carbocycles. The molecule has 1 heterocycles. The van der Waals surface area contributed by atoms with Gasteiger partial charge in [-0.1, -0.05) is 37.6 Å². The van der Waals surface area contributed by atoms with E-state index in [-0.39, 0.29) is 11.3 Å². The lowest BCUT2D eigenvalue weighted by atomic mass is 9.85. The van der Waals surface area contributed by atoms with Gasteiger partial charge in [0.15, 0.2) is 5.96 Å². The van der Waals surface area contributed by atoms with Gasteiger partial charge in [0.25, 0.3) is 0 Å². The summed E-state index contributed by atoms with van der Waals surface area (Å²) in [7, 11) is 0. The Morgan fingerprint density at radius 2 is 2.08 bits per heavy atom. The van der Waals surface area contributed by atoms with Gasteiger partial charge in [-0.2, -0.15) is 0 Å². The van der Waals surface area contributed by atoms with Crippen molar-refractivity contribution in [2.24, 2.45) is 16.6 Å². The molecule has 5 nitrogen and oxygen atoms in total. The monoisotopic (exact) mass is 378 g/mol. The lowest BCUT2D eigenvalue weighted by Crippen LogP contribution is -2.47. The maximum absolute atomic E-state index is 11.3. The van der Waals surface area contributed by atoms with Gasteiger partial charge in [0.2, 0.25) is 5.91 Å². The van der Waals surface area contributed by atoms with Crippen LogP contribution in [0, 0.1) is 5.92 Å². The molecule has 1 atom stereocenters. The van der Waals surface area contributed by atoms with Gasteiger partial charge in [0.05, 0.1) is 6.54 Å². The number of hydrogen-bond acceptors (Lipinski definition) is 2. The van der Waals surface area contributed by atoms with Crippen LogP contribution in [0.1, 0.15) is 45.6 Å². The van der Waals surface area contributed by atoms with E-state index in [1.54, 1.807) is 0 Å². The highest BCUT2D eigenvalue weighted by atomic mass is 35.5. The van der Waals surface area contributed by atoms with E-state index in [2.05, 4.69) is 43.1 Å². The van der Waals surface area contributed by atoms with E-state index in [4.69, 9.17) is 22.3 Å². The molecule has 1 aromatic carbocycles. The Morgan fingerprint density at radius 1 is 1.38 bits per heavy atom. The molecule has 1 aromatic rings. The molecule has 1 aliphatic heterocycles. The van der Waals surface area contributed by atoms with E-state index in [0.717, 1.165) is 43.5 Å². The second-order valence-electron chi connectivity index (χ2n) is 7.69. The third-order valence-corrected chi connectivity index (χ3v) is 5.15. The van der Waals surface area contributed by atoms with Gasteiger partial charge < -0.3 is 16.0 Å². The molecule has 0 spiro atoms. The number of nitrogens with one attached hydrogen (secondary N) is 1. The number of hydrogen-bond donors (Lipinski definition) is 2. The van der Waals surface area contributed by atoms with Crippen molar-refractivity contribution in [3.05, 3.63) is 34.9 Å². The average molecular weight is 379 g/mol. The minimum absolute atomic E-state index is 0.0896. The third kappa shape index (κ3) is 5.90. The van der Waals surface area contributed by atoms with E-state index >= 15 is 0 Å². The molecular formula is C20H31ClN4O. The molecule has 1 amide bonds. The Morgan fingerprint density at radius 3 is 2.69 bits per heavy atom. The van der Waals surface area contributed by atoms with Gasteiger partial charge in [0.1, 0.15) is 0 Å². The van der Waals surface area contributed by atoms with Crippen LogP contribution in [-0.4, -0.2) is 42.9 Å². The number of benzene rings is 1. The summed E-state index contributed by atoms with van der Waals surface area (Å²) in [5.74, 6) is 1.01. The molecule has 144 valence electrons. The predicted molar refractivity (Wildman–Crippen MR) is 109 cm³/mol. The molecule has 1 fully saturated rings. The fourth-order valence-corrected chi connectivity index (χ4v) is 3.53. The Bertz CT molecular complexity index is 627. The van der Waals surface area contributed by atoms with Crippen LogP contribution < -0.4 is 11.1 Å². The van der Waals surface area contributed by atoms with Crippen molar-refractivity contribution in [2.75, 3.05) is 26.2 Å². The van der Waals surface area contributed by atoms with E-state index in [1.165, 1.54) is 5.56 Å². The molecule has 2 rings (SSSR count). The third-order valence-electron chi connectivity index (χ3n) is 4.89. The zero-order valence-corrected chi connectivity index (χ0v) is 16.9. The van der Waals surface area contributed by atoms with Crippen molar-refractivity contribution in [1.29, 1.82) is 0 Å². The summed E-state index contributed by atoms with van der Waals surface area (Å²) in [4.78, 5) is 18.4. The summed E-state index contributed by atoms with van der Waals surface area (Å²) in [6, 6.07) is 7.97. The SMILES string of the molecule is CCNC(=NCC(C)(C)c1ccc(Cl)cc1)N1CCCC(CC(N)=O)C1. The summed E-state index contributed by atoms with van der Waals surface area (Å²) in [5, 5.41) is 4.14. The predicted octanol–water partition coefficient (Wildman–Crippen LogP) is 3.17. The molecule has 0 saturated carbocycles. The van der Waals surface area contributed by atoms with Crippen molar-refractivity contribution in [3.8, 4) is 0 Å². The van der Waals surface area contributed by atoms with Gasteiger partial charge in [-0.15, -0.1) is 0 Å². The zero-order chi connectivity index (χ0) is 19.2. The smallest absolute Gasteiger partial charge is 0.217 e. The first-order valence-electron chi connectivity index (χ1n) is 9.39. The van der Waals surface area contributed by atoms with E-state index in [1.807, 2.05) is 12.1 Å². The number of halogens is 1. The number of guanidine groups is 1. The minimum atomic E-state index is -0.220. The molecule has 0 bridgehead atoms. The van der Waals surface area contributed by atoms with Crippen LogP contribution in [0.25, 0.3) is 0 Å². The van der Waals surface area contributed by atoms with Gasteiger partial charge in [-0.3, -0.25) is 9.79 Å². The highest BCUT2D eigenvalue weighted by molar-refractivity contribution is 6.30. The molecule has 1 saturated heterocycles. The van der Waals surface area contributed by atoms with Crippen LogP contribution in [0.5, 0.6) is 0 Å². The summed E-state index contributed by atoms with van der Waals surface area (Å²) < 4.78 is 0. The quantitative estimate of drug-likeness (QED) is 0.590. The number of likely N-dealkylation sites (tertiary alicyclic amines) is 1. The Labute approximate surface area is 162 Å². The zero-order valence-electron chi connectivity index (χ0n) is 16.1. The number of primary amides is 1. The number of aliphatic imine (C=N–C) groups is 1. The normalized spacial score (nSPS) is 18.7. The van der Waals surface area contributed by atoms with Crippen LogP contribution in [-0.2, 0) is 10.2 Å². The van der Waals surface area contributed by atoms with Crippen molar-refractivity contribution >= 4 is 23.5 Å². The number of carbonyl (C=O) groups excluding carboxylic acids is 1. The first-order chi connectivity index (χ1) is 12.3. The fraction of sp³-hybridized carbons (Fsp3) is 0.600. The number of carbonyl (C=O) groups is 1. The van der Waals surface area contributed by atoms with Crippen LogP contribution >= 0.6 is 11.6 Å². The molecule has 6 heteroatoms. The summed E-state index contributed by atoms with van der Waals surface area (Å²) >= 11 is 6.00. The molecule has 0 radical (unpaired) electrons. The Balaban J connectivity index is 2.09. The maximum atomic E-state index is 11.3. The lowest BCUT2D eigenvalue weighted by Gasteiger charge is -2.35. The molecule has 0 aromatic heterocycles. The number of rotatable bonds is 6. The second kappa shape index (κ2) is 9.26. The van der Waals surface area contributed by atoms with Gasteiger partial charge >= 0.3 is 0 Å². The van der Waals surface area contributed by atoms with E-state index in [9.17, 15) is 4.79 Å². The summed E-state index contributed by atoms with van der Waals surface area (Å²) in [5.41, 5.74) is 6.51. The number of nitrogens with two attached hydrogens (primary N) is 1. The first-order valence-corrected chi connectivity index (χ1v) is 9.77. The van der Waals surface area contributed by atoms with Crippen LogP contribution in [0.2, 0.25) is 5.02 Å². The summed E-state index contributed by atoms with van der Waals surface area (Å²) in [6.45, 7) is 9.74. The fourth-order valence-electron chi connectivity index (χ4n) is 3.40.